The SMILES string of the molecule is CC1=CC(C)(C)NC(CN(C(=O)C(C)Cl)c2ccccc2)=N1. The molecule has 1 heterocycles. The maximum absolute atomic E-state index is 12.5. The summed E-state index contributed by atoms with van der Waals surface area (Å²) in [6.07, 6.45) is 2.06. The van der Waals surface area contributed by atoms with E-state index in [0.717, 1.165) is 17.2 Å². The predicted octanol–water partition coefficient (Wildman–Crippen LogP) is 3.33. The second-order valence-electron chi connectivity index (χ2n) is 6.07. The maximum Gasteiger partial charge on any atom is 0.245 e. The minimum absolute atomic E-state index is 0.137. The summed E-state index contributed by atoms with van der Waals surface area (Å²) >= 11 is 6.01. The van der Waals surface area contributed by atoms with Gasteiger partial charge in [0.15, 0.2) is 0 Å². The molecule has 1 atom stereocenters. The number of carbonyl (C=O) groups is 1. The summed E-state index contributed by atoms with van der Waals surface area (Å²) in [4.78, 5) is 18.6. The number of alkyl halides is 1. The molecule has 0 aromatic heterocycles. The summed E-state index contributed by atoms with van der Waals surface area (Å²) in [6, 6.07) is 9.52. The molecule has 1 aromatic rings. The number of allylic oxidation sites excluding steroid dienone is 1. The Hall–Kier alpha value is -1.81. The zero-order valence-electron chi connectivity index (χ0n) is 13.4. The Morgan fingerprint density at radius 2 is 2.00 bits per heavy atom. The van der Waals surface area contributed by atoms with Crippen LogP contribution in [0.15, 0.2) is 47.1 Å². The topological polar surface area (TPSA) is 44.7 Å². The first kappa shape index (κ1) is 16.6. The van der Waals surface area contributed by atoms with E-state index >= 15 is 0 Å². The number of halogens is 1. The monoisotopic (exact) mass is 319 g/mol. The molecule has 2 rings (SSSR count). The molecule has 0 saturated heterocycles. The highest BCUT2D eigenvalue weighted by Gasteiger charge is 2.26. The molecule has 0 bridgehead atoms. The van der Waals surface area contributed by atoms with Gasteiger partial charge in [-0.15, -0.1) is 11.6 Å². The fourth-order valence-electron chi connectivity index (χ4n) is 2.55. The molecule has 22 heavy (non-hydrogen) atoms. The number of carbonyl (C=O) groups excluding carboxylic acids is 1. The van der Waals surface area contributed by atoms with Crippen molar-refractivity contribution in [3.8, 4) is 0 Å². The molecule has 0 aliphatic carbocycles. The Kier molecular flexibility index (Phi) is 4.91. The largest absolute Gasteiger partial charge is 0.364 e. The number of hydrogen-bond donors (Lipinski definition) is 1. The summed E-state index contributed by atoms with van der Waals surface area (Å²) in [6.45, 7) is 8.16. The van der Waals surface area contributed by atoms with Crippen molar-refractivity contribution in [2.24, 2.45) is 4.99 Å². The Bertz CT molecular complexity index is 606. The van der Waals surface area contributed by atoms with Crippen LogP contribution in [0.2, 0.25) is 0 Å². The summed E-state index contributed by atoms with van der Waals surface area (Å²) in [5.41, 5.74) is 1.58. The molecule has 1 aliphatic heterocycles. The third kappa shape index (κ3) is 4.10. The highest BCUT2D eigenvalue weighted by molar-refractivity contribution is 6.32. The van der Waals surface area contributed by atoms with Crippen molar-refractivity contribution in [1.82, 2.24) is 5.32 Å². The number of nitrogens with zero attached hydrogens (tertiary/aromatic N) is 2. The number of benzene rings is 1. The van der Waals surface area contributed by atoms with Gasteiger partial charge in [-0.25, -0.2) is 4.99 Å². The first-order chi connectivity index (χ1) is 10.3. The fourth-order valence-corrected chi connectivity index (χ4v) is 2.66. The Morgan fingerprint density at radius 1 is 1.36 bits per heavy atom. The normalized spacial score (nSPS) is 17.9. The lowest BCUT2D eigenvalue weighted by Gasteiger charge is -2.32. The van der Waals surface area contributed by atoms with Crippen LogP contribution in [0.1, 0.15) is 27.7 Å². The summed E-state index contributed by atoms with van der Waals surface area (Å²) in [5.74, 6) is 0.627. The Labute approximate surface area is 136 Å². The van der Waals surface area contributed by atoms with Crippen molar-refractivity contribution < 1.29 is 4.79 Å². The molecular formula is C17H22ClN3O. The minimum Gasteiger partial charge on any atom is -0.364 e. The van der Waals surface area contributed by atoms with Crippen LogP contribution in [-0.2, 0) is 4.79 Å². The number of aliphatic imine (C=N–C) groups is 1. The maximum atomic E-state index is 12.5. The Balaban J connectivity index is 2.28. The lowest BCUT2D eigenvalue weighted by Crippen LogP contribution is -2.50. The zero-order valence-corrected chi connectivity index (χ0v) is 14.2. The van der Waals surface area contributed by atoms with E-state index in [9.17, 15) is 4.79 Å². The van der Waals surface area contributed by atoms with Gasteiger partial charge >= 0.3 is 0 Å². The van der Waals surface area contributed by atoms with Gasteiger partial charge in [0.05, 0.1) is 12.1 Å². The van der Waals surface area contributed by atoms with Crippen molar-refractivity contribution in [2.45, 2.75) is 38.6 Å². The fraction of sp³-hybridized carbons (Fsp3) is 0.412. The first-order valence-electron chi connectivity index (χ1n) is 7.34. The van der Waals surface area contributed by atoms with E-state index in [1.807, 2.05) is 37.3 Å². The van der Waals surface area contributed by atoms with Crippen molar-refractivity contribution in [1.29, 1.82) is 0 Å². The van der Waals surface area contributed by atoms with Gasteiger partial charge in [-0.2, -0.15) is 0 Å². The van der Waals surface area contributed by atoms with Gasteiger partial charge in [-0.1, -0.05) is 18.2 Å². The van der Waals surface area contributed by atoms with Crippen LogP contribution < -0.4 is 10.2 Å². The molecule has 118 valence electrons. The zero-order chi connectivity index (χ0) is 16.3. The third-order valence-corrected chi connectivity index (χ3v) is 3.52. The summed E-state index contributed by atoms with van der Waals surface area (Å²) in [5, 5.41) is 2.76. The second-order valence-corrected chi connectivity index (χ2v) is 6.72. The van der Waals surface area contributed by atoms with E-state index in [1.165, 1.54) is 0 Å². The minimum atomic E-state index is -0.589. The quantitative estimate of drug-likeness (QED) is 0.865. The van der Waals surface area contributed by atoms with Crippen LogP contribution in [-0.4, -0.2) is 29.2 Å². The number of amides is 1. The number of para-hydroxylation sites is 1. The van der Waals surface area contributed by atoms with Gasteiger partial charge in [0.25, 0.3) is 0 Å². The standard InChI is InChI=1S/C17H22ClN3O/c1-12-10-17(3,4)20-15(19-12)11-21(16(22)13(2)18)14-8-6-5-7-9-14/h5-10,13H,11H2,1-4H3,(H,19,20). The highest BCUT2D eigenvalue weighted by atomic mass is 35.5. The number of amidine groups is 1. The third-order valence-electron chi connectivity index (χ3n) is 3.33. The second kappa shape index (κ2) is 6.53. The van der Waals surface area contributed by atoms with Crippen LogP contribution >= 0.6 is 11.6 Å². The van der Waals surface area contributed by atoms with E-state index in [0.29, 0.717) is 6.54 Å². The molecule has 0 saturated carbocycles. The van der Waals surface area contributed by atoms with Crippen molar-refractivity contribution in [3.05, 3.63) is 42.1 Å². The molecule has 0 fully saturated rings. The molecule has 0 spiro atoms. The first-order valence-corrected chi connectivity index (χ1v) is 7.78. The lowest BCUT2D eigenvalue weighted by atomic mass is 10.0. The van der Waals surface area contributed by atoms with E-state index in [4.69, 9.17) is 11.6 Å². The van der Waals surface area contributed by atoms with E-state index < -0.39 is 5.38 Å². The summed E-state index contributed by atoms with van der Waals surface area (Å²) in [7, 11) is 0. The van der Waals surface area contributed by atoms with E-state index in [1.54, 1.807) is 11.8 Å². The van der Waals surface area contributed by atoms with Crippen LogP contribution in [0.4, 0.5) is 5.69 Å². The molecule has 1 unspecified atom stereocenters. The molecule has 1 aromatic carbocycles. The molecule has 4 nitrogen and oxygen atoms in total. The van der Waals surface area contributed by atoms with E-state index in [-0.39, 0.29) is 11.4 Å². The van der Waals surface area contributed by atoms with Crippen LogP contribution in [0.25, 0.3) is 0 Å². The molecular weight excluding hydrogens is 298 g/mol. The van der Waals surface area contributed by atoms with Gasteiger partial charge < -0.3 is 10.2 Å². The number of rotatable bonds is 4. The van der Waals surface area contributed by atoms with Gasteiger partial charge in [0.1, 0.15) is 11.2 Å². The Morgan fingerprint density at radius 3 is 2.55 bits per heavy atom. The molecule has 1 amide bonds. The number of hydrogen-bond acceptors (Lipinski definition) is 3. The highest BCUT2D eigenvalue weighted by Crippen LogP contribution is 2.19. The van der Waals surface area contributed by atoms with Gasteiger partial charge in [-0.3, -0.25) is 4.79 Å². The van der Waals surface area contributed by atoms with Crippen LogP contribution in [0, 0.1) is 0 Å². The predicted molar refractivity (Wildman–Crippen MR) is 92.5 cm³/mol. The van der Waals surface area contributed by atoms with Crippen LogP contribution in [0.3, 0.4) is 0 Å². The van der Waals surface area contributed by atoms with Crippen LogP contribution in [0.5, 0.6) is 0 Å². The van der Waals surface area contributed by atoms with Gasteiger partial charge in [0, 0.05) is 11.4 Å². The van der Waals surface area contributed by atoms with Crippen molar-refractivity contribution >= 4 is 29.0 Å². The van der Waals surface area contributed by atoms with Crippen molar-refractivity contribution in [3.63, 3.8) is 0 Å². The van der Waals surface area contributed by atoms with Crippen molar-refractivity contribution in [2.75, 3.05) is 11.4 Å². The average Bonchev–Trinajstić information content (AvgIpc) is 2.42. The molecule has 5 heteroatoms. The average molecular weight is 320 g/mol. The molecule has 0 radical (unpaired) electrons. The van der Waals surface area contributed by atoms with Gasteiger partial charge in [-0.05, 0) is 45.9 Å². The molecule has 1 N–H and O–H groups in total. The lowest BCUT2D eigenvalue weighted by molar-refractivity contribution is -0.117. The smallest absolute Gasteiger partial charge is 0.245 e. The van der Waals surface area contributed by atoms with E-state index in [2.05, 4.69) is 30.2 Å². The van der Waals surface area contributed by atoms with Gasteiger partial charge in [0.2, 0.25) is 5.91 Å². The number of nitrogens with one attached hydrogen (secondary N) is 1. The number of anilines is 1. The summed E-state index contributed by atoms with van der Waals surface area (Å²) < 4.78 is 0. The molecule has 1 aliphatic rings.